The Bertz CT molecular complexity index is 228. The number of carbonyl (C=O) groups excluding carboxylic acids is 1. The minimum absolute atomic E-state index is 0.247. The summed E-state index contributed by atoms with van der Waals surface area (Å²) in [4.78, 5) is 10.9. The van der Waals surface area contributed by atoms with Gasteiger partial charge < -0.3 is 15.8 Å². The zero-order valence-electron chi connectivity index (χ0n) is 8.53. The number of hydrogen-bond donors (Lipinski definition) is 2. The van der Waals surface area contributed by atoms with E-state index < -0.39 is 0 Å². The van der Waals surface area contributed by atoms with Crippen molar-refractivity contribution in [1.29, 1.82) is 0 Å². The van der Waals surface area contributed by atoms with E-state index in [-0.39, 0.29) is 11.9 Å². The highest BCUT2D eigenvalue weighted by atomic mass is 16.5. The van der Waals surface area contributed by atoms with Gasteiger partial charge in [-0.2, -0.15) is 0 Å². The van der Waals surface area contributed by atoms with Gasteiger partial charge in [0.25, 0.3) is 0 Å². The van der Waals surface area contributed by atoms with E-state index in [1.807, 2.05) is 6.92 Å². The van der Waals surface area contributed by atoms with Crippen LogP contribution >= 0.6 is 0 Å². The van der Waals surface area contributed by atoms with Crippen LogP contribution in [0.15, 0.2) is 0 Å². The normalized spacial score (nSPS) is 34.4. The number of nitrogens with two attached hydrogens (primary N) is 1. The summed E-state index contributed by atoms with van der Waals surface area (Å²) in [5.74, 6) is 0.432. The molecule has 2 rings (SSSR count). The molecule has 2 fully saturated rings. The van der Waals surface area contributed by atoms with Gasteiger partial charge in [0.05, 0.1) is 12.1 Å². The average Bonchev–Trinajstić information content (AvgIpc) is 2.88. The fourth-order valence-corrected chi connectivity index (χ4v) is 2.08. The van der Waals surface area contributed by atoms with Crippen molar-refractivity contribution >= 4 is 5.91 Å². The number of rotatable bonds is 4. The highest BCUT2D eigenvalue weighted by molar-refractivity contribution is 5.79. The van der Waals surface area contributed by atoms with Crippen LogP contribution in [0.3, 0.4) is 0 Å². The van der Waals surface area contributed by atoms with Crippen LogP contribution in [0.4, 0.5) is 0 Å². The second kappa shape index (κ2) is 3.87. The Morgan fingerprint density at radius 2 is 2.21 bits per heavy atom. The average molecular weight is 198 g/mol. The lowest BCUT2D eigenvalue weighted by Crippen LogP contribution is -2.48. The van der Waals surface area contributed by atoms with Crippen LogP contribution in [0.25, 0.3) is 0 Å². The molecule has 1 amide bonds. The molecule has 0 bridgehead atoms. The third-order valence-electron chi connectivity index (χ3n) is 3.11. The van der Waals surface area contributed by atoms with Crippen molar-refractivity contribution in [1.82, 2.24) is 5.32 Å². The van der Waals surface area contributed by atoms with E-state index in [0.29, 0.717) is 12.1 Å². The molecule has 0 aromatic rings. The number of hydrogen-bond acceptors (Lipinski definition) is 3. The molecule has 80 valence electrons. The molecule has 4 nitrogen and oxygen atoms in total. The second-order valence-electron chi connectivity index (χ2n) is 4.36. The SMILES string of the molecule is CC(NC1CCOC1C1CC1)C(N)=O. The van der Waals surface area contributed by atoms with Crippen LogP contribution in [0.2, 0.25) is 0 Å². The van der Waals surface area contributed by atoms with Crippen LogP contribution in [0.5, 0.6) is 0 Å². The summed E-state index contributed by atoms with van der Waals surface area (Å²) in [6, 6.07) is 0.0768. The lowest BCUT2D eigenvalue weighted by atomic mass is 10.1. The third kappa shape index (κ3) is 2.07. The van der Waals surface area contributed by atoms with Crippen LogP contribution < -0.4 is 11.1 Å². The van der Waals surface area contributed by atoms with Crippen molar-refractivity contribution in [2.24, 2.45) is 11.7 Å². The smallest absolute Gasteiger partial charge is 0.234 e. The Labute approximate surface area is 84.2 Å². The van der Waals surface area contributed by atoms with E-state index in [0.717, 1.165) is 18.9 Å². The maximum Gasteiger partial charge on any atom is 0.234 e. The van der Waals surface area contributed by atoms with Gasteiger partial charge in [-0.3, -0.25) is 4.79 Å². The Hall–Kier alpha value is -0.610. The van der Waals surface area contributed by atoms with E-state index in [1.165, 1.54) is 12.8 Å². The summed E-state index contributed by atoms with van der Waals surface area (Å²) in [5.41, 5.74) is 5.21. The van der Waals surface area contributed by atoms with Gasteiger partial charge in [-0.05, 0) is 32.1 Å². The minimum Gasteiger partial charge on any atom is -0.376 e. The Morgan fingerprint density at radius 1 is 1.50 bits per heavy atom. The van der Waals surface area contributed by atoms with Crippen molar-refractivity contribution in [2.45, 2.75) is 44.4 Å². The largest absolute Gasteiger partial charge is 0.376 e. The van der Waals surface area contributed by atoms with Crippen LogP contribution in [-0.2, 0) is 9.53 Å². The van der Waals surface area contributed by atoms with Crippen molar-refractivity contribution in [3.05, 3.63) is 0 Å². The van der Waals surface area contributed by atoms with E-state index in [1.54, 1.807) is 0 Å². The molecule has 3 atom stereocenters. The summed E-state index contributed by atoms with van der Waals surface area (Å²) >= 11 is 0. The van der Waals surface area contributed by atoms with Gasteiger partial charge in [0.1, 0.15) is 0 Å². The monoisotopic (exact) mass is 198 g/mol. The van der Waals surface area contributed by atoms with Crippen LogP contribution in [-0.4, -0.2) is 30.7 Å². The topological polar surface area (TPSA) is 64.3 Å². The molecule has 14 heavy (non-hydrogen) atoms. The Balaban J connectivity index is 1.86. The molecule has 1 heterocycles. The lowest BCUT2D eigenvalue weighted by Gasteiger charge is -2.22. The van der Waals surface area contributed by atoms with Crippen LogP contribution in [0.1, 0.15) is 26.2 Å². The van der Waals surface area contributed by atoms with Gasteiger partial charge in [-0.1, -0.05) is 0 Å². The quantitative estimate of drug-likeness (QED) is 0.669. The lowest BCUT2D eigenvalue weighted by molar-refractivity contribution is -0.119. The van der Waals surface area contributed by atoms with Gasteiger partial charge in [-0.25, -0.2) is 0 Å². The molecular weight excluding hydrogens is 180 g/mol. The zero-order chi connectivity index (χ0) is 10.1. The summed E-state index contributed by atoms with van der Waals surface area (Å²) in [7, 11) is 0. The molecule has 4 heteroatoms. The molecule has 1 saturated heterocycles. The first kappa shape index (κ1) is 9.93. The third-order valence-corrected chi connectivity index (χ3v) is 3.11. The van der Waals surface area contributed by atoms with Gasteiger partial charge in [0, 0.05) is 12.6 Å². The first-order valence-electron chi connectivity index (χ1n) is 5.35. The summed E-state index contributed by atoms with van der Waals surface area (Å²) in [6.45, 7) is 2.62. The first-order chi connectivity index (χ1) is 6.68. The summed E-state index contributed by atoms with van der Waals surface area (Å²) < 4.78 is 5.66. The fraction of sp³-hybridized carbons (Fsp3) is 0.900. The molecule has 1 aliphatic heterocycles. The van der Waals surface area contributed by atoms with Gasteiger partial charge in [0.15, 0.2) is 0 Å². The maximum absolute atomic E-state index is 10.9. The maximum atomic E-state index is 10.9. The number of amides is 1. The molecule has 3 unspecified atom stereocenters. The molecule has 2 aliphatic rings. The molecule has 1 aliphatic carbocycles. The summed E-state index contributed by atoms with van der Waals surface area (Å²) in [6.07, 6.45) is 3.86. The summed E-state index contributed by atoms with van der Waals surface area (Å²) in [5, 5.41) is 3.25. The Kier molecular flexibility index (Phi) is 2.74. The number of nitrogens with one attached hydrogen (secondary N) is 1. The van der Waals surface area contributed by atoms with E-state index in [4.69, 9.17) is 10.5 Å². The van der Waals surface area contributed by atoms with Gasteiger partial charge in [-0.15, -0.1) is 0 Å². The highest BCUT2D eigenvalue weighted by Crippen LogP contribution is 2.38. The van der Waals surface area contributed by atoms with Crippen molar-refractivity contribution in [2.75, 3.05) is 6.61 Å². The predicted octanol–water partition coefficient (Wildman–Crippen LogP) is 0.0173. The molecule has 0 aromatic carbocycles. The van der Waals surface area contributed by atoms with Crippen molar-refractivity contribution < 1.29 is 9.53 Å². The zero-order valence-corrected chi connectivity index (χ0v) is 8.53. The first-order valence-corrected chi connectivity index (χ1v) is 5.35. The fourth-order valence-electron chi connectivity index (χ4n) is 2.08. The standard InChI is InChI=1S/C10H18N2O2/c1-6(10(11)13)12-8-4-5-14-9(8)7-2-3-7/h6-9,12H,2-5H2,1H3,(H2,11,13). The number of carbonyl (C=O) groups is 1. The van der Waals surface area contributed by atoms with E-state index >= 15 is 0 Å². The molecule has 3 N–H and O–H groups in total. The van der Waals surface area contributed by atoms with Gasteiger partial charge >= 0.3 is 0 Å². The molecular formula is C10H18N2O2. The van der Waals surface area contributed by atoms with E-state index in [9.17, 15) is 4.79 Å². The van der Waals surface area contributed by atoms with Gasteiger partial charge in [0.2, 0.25) is 5.91 Å². The second-order valence-corrected chi connectivity index (χ2v) is 4.36. The highest BCUT2D eigenvalue weighted by Gasteiger charge is 2.41. The molecule has 0 radical (unpaired) electrons. The number of primary amides is 1. The molecule has 0 spiro atoms. The number of ether oxygens (including phenoxy) is 1. The predicted molar refractivity (Wildman–Crippen MR) is 52.7 cm³/mol. The van der Waals surface area contributed by atoms with E-state index in [2.05, 4.69) is 5.32 Å². The van der Waals surface area contributed by atoms with Crippen molar-refractivity contribution in [3.8, 4) is 0 Å². The van der Waals surface area contributed by atoms with Crippen molar-refractivity contribution in [3.63, 3.8) is 0 Å². The molecule has 1 saturated carbocycles. The van der Waals surface area contributed by atoms with Crippen LogP contribution in [0, 0.1) is 5.92 Å². The molecule has 0 aromatic heterocycles. The Morgan fingerprint density at radius 3 is 2.79 bits per heavy atom. The minimum atomic E-state index is -0.286.